The summed E-state index contributed by atoms with van der Waals surface area (Å²) in [6.45, 7) is 2.40. The Hall–Kier alpha value is -15.7. The van der Waals surface area contributed by atoms with E-state index in [9.17, 15) is 0 Å². The molecule has 0 saturated heterocycles. The second-order valence-corrected chi connectivity index (χ2v) is 33.0. The summed E-state index contributed by atoms with van der Waals surface area (Å²) in [5.74, 6) is 4.55. The molecule has 26 rings (SSSR count). The number of aromatic nitrogens is 4. The molecule has 0 N–H and O–H groups in total. The van der Waals surface area contributed by atoms with Crippen molar-refractivity contribution in [3.8, 4) is 169 Å². The fourth-order valence-corrected chi connectivity index (χ4v) is 21.5. The number of ether oxygens (including phenoxy) is 2. The maximum Gasteiger partial charge on any atom is 0.160 e. The van der Waals surface area contributed by atoms with Crippen LogP contribution in [0.15, 0.2) is 399 Å². The molecule has 0 amide bonds. The molecule has 7 nitrogen and oxygen atoms in total. The Bertz CT molecular complexity index is 7830. The van der Waals surface area contributed by atoms with Crippen molar-refractivity contribution in [2.75, 3.05) is 0 Å². The first-order chi connectivity index (χ1) is 59.8. The Balaban J connectivity index is 0.628. The molecule has 562 valence electrons. The molecule has 0 saturated carbocycles. The number of rotatable bonds is 7. The summed E-state index contributed by atoms with van der Waals surface area (Å²) in [6.07, 6.45) is 0. The van der Waals surface area contributed by atoms with Gasteiger partial charge >= 0.3 is 0 Å². The van der Waals surface area contributed by atoms with E-state index in [0.29, 0.717) is 11.6 Å². The number of benzene rings is 17. The van der Waals surface area contributed by atoms with E-state index in [2.05, 4.69) is 389 Å². The van der Waals surface area contributed by atoms with Crippen LogP contribution in [-0.4, -0.2) is 19.9 Å². The summed E-state index contributed by atoms with van der Waals surface area (Å²) in [4.78, 5) is 22.1. The van der Waals surface area contributed by atoms with Crippen molar-refractivity contribution < 1.29 is 13.9 Å². The lowest BCUT2D eigenvalue weighted by Gasteiger charge is -2.41. The van der Waals surface area contributed by atoms with E-state index in [1.807, 2.05) is 12.1 Å². The molecule has 121 heavy (non-hydrogen) atoms. The van der Waals surface area contributed by atoms with E-state index in [0.717, 1.165) is 173 Å². The highest BCUT2D eigenvalue weighted by atomic mass is 16.5. The lowest BCUT2D eigenvalue weighted by molar-refractivity contribution is 0.436. The van der Waals surface area contributed by atoms with Crippen molar-refractivity contribution in [2.45, 2.75) is 23.2 Å². The zero-order valence-corrected chi connectivity index (χ0v) is 65.5. The number of nitrogens with zero attached hydrogens (tertiary/aromatic N) is 4. The van der Waals surface area contributed by atoms with Gasteiger partial charge in [-0.15, -0.1) is 0 Å². The van der Waals surface area contributed by atoms with E-state index in [1.165, 1.54) is 66.8 Å². The number of para-hydroxylation sites is 5. The highest BCUT2D eigenvalue weighted by molar-refractivity contribution is 6.10. The molecule has 6 heterocycles. The van der Waals surface area contributed by atoms with E-state index in [4.69, 9.17) is 33.8 Å². The van der Waals surface area contributed by atoms with Gasteiger partial charge in [-0.2, -0.15) is 0 Å². The summed E-state index contributed by atoms with van der Waals surface area (Å²) in [6, 6.07) is 143. The van der Waals surface area contributed by atoms with Crippen molar-refractivity contribution >= 4 is 21.9 Å². The van der Waals surface area contributed by atoms with Crippen molar-refractivity contribution in [1.82, 2.24) is 19.9 Å². The lowest BCUT2D eigenvalue weighted by atomic mass is 9.64. The Morgan fingerprint density at radius 3 is 1.27 bits per heavy atom. The van der Waals surface area contributed by atoms with Gasteiger partial charge in [-0.1, -0.05) is 346 Å². The summed E-state index contributed by atoms with van der Waals surface area (Å²) < 4.78 is 21.6. The molecule has 7 heteroatoms. The minimum absolute atomic E-state index is 0.592. The third-order valence-electron chi connectivity index (χ3n) is 26.9. The maximum absolute atomic E-state index is 7.77. The van der Waals surface area contributed by atoms with Crippen LogP contribution >= 0.6 is 0 Å². The van der Waals surface area contributed by atoms with Crippen molar-refractivity contribution in [2.24, 2.45) is 0 Å². The van der Waals surface area contributed by atoms with Gasteiger partial charge in [-0.05, 0) is 156 Å². The van der Waals surface area contributed by atoms with Gasteiger partial charge in [0.15, 0.2) is 11.6 Å². The third-order valence-corrected chi connectivity index (χ3v) is 26.9. The molecule has 20 aromatic rings. The molecule has 3 aromatic heterocycles. The fourth-order valence-electron chi connectivity index (χ4n) is 21.5. The predicted molar refractivity (Wildman–Crippen MR) is 485 cm³/mol. The molecule has 0 fully saturated rings. The second-order valence-electron chi connectivity index (χ2n) is 33.0. The minimum atomic E-state index is -0.830. The van der Waals surface area contributed by atoms with Crippen LogP contribution in [0.5, 0.6) is 23.0 Å². The molecule has 6 aliphatic rings. The molecule has 9 bridgehead atoms. The first-order valence-corrected chi connectivity index (χ1v) is 41.5. The molecular formula is C114H68N4O3. The largest absolute Gasteiger partial charge is 0.456 e. The molecule has 2 spiro atoms. The highest BCUT2D eigenvalue weighted by Gasteiger charge is 2.55. The Labute approximate surface area is 698 Å². The molecule has 2 atom stereocenters. The van der Waals surface area contributed by atoms with Crippen LogP contribution in [0.25, 0.3) is 168 Å². The van der Waals surface area contributed by atoms with Crippen LogP contribution in [-0.2, 0) is 16.2 Å². The fraction of sp³-hybridized carbons (Fsp3) is 0.0351. The Morgan fingerprint density at radius 1 is 0.223 bits per heavy atom. The number of furan rings is 1. The van der Waals surface area contributed by atoms with Crippen LogP contribution < -0.4 is 9.47 Å². The van der Waals surface area contributed by atoms with Gasteiger partial charge < -0.3 is 13.9 Å². The van der Waals surface area contributed by atoms with Crippen LogP contribution in [0.2, 0.25) is 0 Å². The molecule has 3 aliphatic carbocycles. The van der Waals surface area contributed by atoms with E-state index in [-0.39, 0.29) is 0 Å². The maximum atomic E-state index is 7.77. The Kier molecular flexibility index (Phi) is 14.2. The van der Waals surface area contributed by atoms with Crippen LogP contribution in [0, 0.1) is 0 Å². The quantitative estimate of drug-likeness (QED) is 0.157. The average Bonchev–Trinajstić information content (AvgIpc) is 1.53. The smallest absolute Gasteiger partial charge is 0.160 e. The van der Waals surface area contributed by atoms with Crippen LogP contribution in [0.1, 0.15) is 68.1 Å². The van der Waals surface area contributed by atoms with Gasteiger partial charge in [0.2, 0.25) is 0 Å². The highest BCUT2D eigenvalue weighted by Crippen LogP contribution is 2.67. The zero-order chi connectivity index (χ0) is 79.4. The van der Waals surface area contributed by atoms with Crippen LogP contribution in [0.3, 0.4) is 0 Å². The standard InChI is InChI=1S/C114H68N4O3/c1-112-77-58-60-94-105(64-77)121-109-81(73-26-18-28-76(62-73)111-115-99(69-23-3-2-4-24-69)66-102(118-111)74-57-59-85(98(112)63-74)82-29-5-10-39-89(82)112)37-22-46-97(109)114(94)92-42-13-8-33-88(92)106-78(34-20-44-95(106)114)67-49-53-70(54-50-67)100-65-101(71-55-51-68(52-56-71)79-35-19-38-87-86-32-9-15-47-103(86)119-107(79)87)117-110(116-100)75-27-17-25-72(61-75)80-36-21-45-96-108(80)120-104-48-16-14-43-93(104)113(96)90-40-11-6-30-83(90)84-31-7-12-41-91(84)113/h2-66H,1H3. The predicted octanol–water partition coefficient (Wildman–Crippen LogP) is 28.4. The zero-order valence-electron chi connectivity index (χ0n) is 65.5. The van der Waals surface area contributed by atoms with Gasteiger partial charge in [0.1, 0.15) is 34.2 Å². The minimum Gasteiger partial charge on any atom is -0.456 e. The molecule has 3 aliphatic heterocycles. The van der Waals surface area contributed by atoms with Gasteiger partial charge in [-0.25, -0.2) is 19.9 Å². The van der Waals surface area contributed by atoms with Crippen LogP contribution in [0.4, 0.5) is 0 Å². The van der Waals surface area contributed by atoms with Gasteiger partial charge in [0.05, 0.1) is 33.6 Å². The van der Waals surface area contributed by atoms with Gasteiger partial charge in [0, 0.05) is 88.5 Å². The Morgan fingerprint density at radius 2 is 0.628 bits per heavy atom. The third kappa shape index (κ3) is 9.54. The van der Waals surface area contributed by atoms with E-state index in [1.54, 1.807) is 0 Å². The molecular weight excluding hydrogens is 1470 g/mol. The van der Waals surface area contributed by atoms with Crippen molar-refractivity contribution in [1.29, 1.82) is 0 Å². The van der Waals surface area contributed by atoms with E-state index >= 15 is 0 Å². The monoisotopic (exact) mass is 1540 g/mol. The second kappa shape index (κ2) is 25.4. The topological polar surface area (TPSA) is 83.2 Å². The lowest BCUT2D eigenvalue weighted by Crippen LogP contribution is -2.33. The average molecular weight is 1540 g/mol. The molecule has 17 aromatic carbocycles. The number of fused-ring (bicyclic) bond motifs is 32. The van der Waals surface area contributed by atoms with Crippen molar-refractivity contribution in [3.63, 3.8) is 0 Å². The molecule has 2 unspecified atom stereocenters. The number of hydrogen-bond acceptors (Lipinski definition) is 7. The first-order valence-electron chi connectivity index (χ1n) is 41.5. The summed E-state index contributed by atoms with van der Waals surface area (Å²) in [5.41, 5.74) is 37.1. The number of hydrogen-bond donors (Lipinski definition) is 0. The van der Waals surface area contributed by atoms with Crippen molar-refractivity contribution in [3.05, 3.63) is 456 Å². The summed E-state index contributed by atoms with van der Waals surface area (Å²) in [5, 5.41) is 2.19. The normalized spacial score (nSPS) is 15.6. The van der Waals surface area contributed by atoms with Gasteiger partial charge in [-0.3, -0.25) is 0 Å². The first kappa shape index (κ1) is 67.5. The van der Waals surface area contributed by atoms with E-state index < -0.39 is 16.2 Å². The van der Waals surface area contributed by atoms with Gasteiger partial charge in [0.25, 0.3) is 0 Å². The molecule has 0 radical (unpaired) electrons. The SMILES string of the molecule is CC12c3ccc4c(c3)Oc3c(cccc3C43c4ccccc4-c4c(-c5ccc(-c6cc(-c7ccc(-c8cccc9c8oc8ccccc89)cc7)nc(-c7cccc(-c8cccc9c8Oc8ccccc8C98c9ccccc9-c9ccccc98)c7)n6)cc5)cccc43)-c3cccc(c3)-c3nc(-c4ccccc4)cc(n3)-c3ccc(c1c3)-c1ccccc12. The summed E-state index contributed by atoms with van der Waals surface area (Å²) in [7, 11) is 0. The summed E-state index contributed by atoms with van der Waals surface area (Å²) >= 11 is 0.